The van der Waals surface area contributed by atoms with E-state index in [1.807, 2.05) is 16.7 Å². The van der Waals surface area contributed by atoms with E-state index in [0.29, 0.717) is 16.0 Å². The summed E-state index contributed by atoms with van der Waals surface area (Å²) in [5, 5.41) is 0.841. The van der Waals surface area contributed by atoms with Gasteiger partial charge in [0.15, 0.2) is 0 Å². The molecule has 0 bridgehead atoms. The van der Waals surface area contributed by atoms with Gasteiger partial charge in [0.2, 0.25) is 0 Å². The number of rotatable bonds is 1. The summed E-state index contributed by atoms with van der Waals surface area (Å²) in [7, 11) is 0. The summed E-state index contributed by atoms with van der Waals surface area (Å²) >= 11 is 7.72. The third-order valence-electron chi connectivity index (χ3n) is 3.12. The predicted octanol–water partition coefficient (Wildman–Crippen LogP) is 2.70. The molecule has 92 valence electrons. The molecule has 1 fully saturated rings. The lowest BCUT2D eigenvalue weighted by Gasteiger charge is -2.37. The number of halogens is 1. The largest absolute Gasteiger partial charge is 0.334 e. The summed E-state index contributed by atoms with van der Waals surface area (Å²) in [5.41, 5.74) is 0.621. The number of pyridine rings is 1. The Morgan fingerprint density at radius 2 is 2.35 bits per heavy atom. The SMILES string of the molecule is CC1SCCN(C(=O)c2ccnc(Cl)c2)C1C. The maximum absolute atomic E-state index is 12.3. The second-order valence-corrected chi connectivity index (χ2v) is 6.05. The highest BCUT2D eigenvalue weighted by Crippen LogP contribution is 2.25. The fourth-order valence-electron chi connectivity index (χ4n) is 1.92. The highest BCUT2D eigenvalue weighted by atomic mass is 35.5. The van der Waals surface area contributed by atoms with Crippen LogP contribution in [0, 0.1) is 0 Å². The average Bonchev–Trinajstić information content (AvgIpc) is 2.32. The van der Waals surface area contributed by atoms with Crippen molar-refractivity contribution in [2.45, 2.75) is 25.1 Å². The van der Waals surface area contributed by atoms with Gasteiger partial charge in [-0.2, -0.15) is 11.8 Å². The van der Waals surface area contributed by atoms with Crippen molar-refractivity contribution in [2.24, 2.45) is 0 Å². The molecule has 1 aliphatic rings. The Labute approximate surface area is 111 Å². The van der Waals surface area contributed by atoms with Gasteiger partial charge in [0.25, 0.3) is 5.91 Å². The van der Waals surface area contributed by atoms with Crippen LogP contribution in [0.3, 0.4) is 0 Å². The maximum atomic E-state index is 12.3. The van der Waals surface area contributed by atoms with Gasteiger partial charge in [0.1, 0.15) is 5.15 Å². The number of carbonyl (C=O) groups is 1. The number of nitrogens with zero attached hydrogens (tertiary/aromatic N) is 2. The molecular weight excluding hydrogens is 256 g/mol. The van der Waals surface area contributed by atoms with Gasteiger partial charge in [0.05, 0.1) is 0 Å². The van der Waals surface area contributed by atoms with Gasteiger partial charge < -0.3 is 4.90 Å². The van der Waals surface area contributed by atoms with Crippen LogP contribution in [0.25, 0.3) is 0 Å². The molecule has 0 saturated carbocycles. The second-order valence-electron chi connectivity index (χ2n) is 4.18. The quantitative estimate of drug-likeness (QED) is 0.736. The van der Waals surface area contributed by atoms with Crippen molar-refractivity contribution in [2.75, 3.05) is 12.3 Å². The first kappa shape index (κ1) is 12.7. The topological polar surface area (TPSA) is 33.2 Å². The number of amides is 1. The van der Waals surface area contributed by atoms with Crippen LogP contribution in [-0.2, 0) is 0 Å². The van der Waals surface area contributed by atoms with Crippen LogP contribution in [0.1, 0.15) is 24.2 Å². The standard InChI is InChI=1S/C12H15ClN2OS/c1-8-9(2)17-6-5-15(8)12(16)10-3-4-14-11(13)7-10/h3-4,7-9H,5-6H2,1-2H3. The molecule has 5 heteroatoms. The summed E-state index contributed by atoms with van der Waals surface area (Å²) in [6, 6.07) is 3.60. The molecule has 3 nitrogen and oxygen atoms in total. The van der Waals surface area contributed by atoms with Crippen LogP contribution in [0.2, 0.25) is 5.15 Å². The summed E-state index contributed by atoms with van der Waals surface area (Å²) in [6.45, 7) is 5.06. The minimum atomic E-state index is 0.0500. The first-order valence-electron chi connectivity index (χ1n) is 5.63. The van der Waals surface area contributed by atoms with E-state index in [1.165, 1.54) is 0 Å². The number of hydrogen-bond acceptors (Lipinski definition) is 3. The molecule has 1 amide bonds. The normalized spacial score (nSPS) is 24.8. The molecular formula is C12H15ClN2OS. The Morgan fingerprint density at radius 3 is 3.06 bits per heavy atom. The fourth-order valence-corrected chi connectivity index (χ4v) is 3.19. The van der Waals surface area contributed by atoms with Crippen molar-refractivity contribution < 1.29 is 4.79 Å². The Bertz CT molecular complexity index is 427. The maximum Gasteiger partial charge on any atom is 0.254 e. The zero-order valence-corrected chi connectivity index (χ0v) is 11.5. The molecule has 1 aromatic heterocycles. The molecule has 17 heavy (non-hydrogen) atoms. The van der Waals surface area contributed by atoms with Gasteiger partial charge in [-0.25, -0.2) is 4.98 Å². The lowest BCUT2D eigenvalue weighted by molar-refractivity contribution is 0.0698. The van der Waals surface area contributed by atoms with Crippen molar-refractivity contribution in [3.8, 4) is 0 Å². The van der Waals surface area contributed by atoms with E-state index in [2.05, 4.69) is 18.8 Å². The lowest BCUT2D eigenvalue weighted by Crippen LogP contribution is -2.47. The zero-order valence-electron chi connectivity index (χ0n) is 9.89. The Morgan fingerprint density at radius 1 is 1.59 bits per heavy atom. The van der Waals surface area contributed by atoms with Crippen LogP contribution >= 0.6 is 23.4 Å². The fraction of sp³-hybridized carbons (Fsp3) is 0.500. The Kier molecular flexibility index (Phi) is 3.94. The molecule has 2 atom stereocenters. The number of thioether (sulfide) groups is 1. The van der Waals surface area contributed by atoms with E-state index in [4.69, 9.17) is 11.6 Å². The first-order chi connectivity index (χ1) is 8.09. The van der Waals surface area contributed by atoms with Crippen LogP contribution in [-0.4, -0.2) is 39.4 Å². The summed E-state index contributed by atoms with van der Waals surface area (Å²) in [5.74, 6) is 1.05. The molecule has 1 saturated heterocycles. The van der Waals surface area contributed by atoms with Crippen molar-refractivity contribution in [1.82, 2.24) is 9.88 Å². The molecule has 0 N–H and O–H groups in total. The summed E-state index contributed by atoms with van der Waals surface area (Å²) in [4.78, 5) is 18.2. The molecule has 2 unspecified atom stereocenters. The van der Waals surface area contributed by atoms with Gasteiger partial charge in [0, 0.05) is 35.3 Å². The highest BCUT2D eigenvalue weighted by molar-refractivity contribution is 8.00. The van der Waals surface area contributed by atoms with E-state index < -0.39 is 0 Å². The van der Waals surface area contributed by atoms with Crippen LogP contribution in [0.4, 0.5) is 0 Å². The van der Waals surface area contributed by atoms with E-state index in [-0.39, 0.29) is 11.9 Å². The number of hydrogen-bond donors (Lipinski definition) is 0. The predicted molar refractivity (Wildman–Crippen MR) is 71.7 cm³/mol. The van der Waals surface area contributed by atoms with Crippen molar-refractivity contribution in [1.29, 1.82) is 0 Å². The third kappa shape index (κ3) is 2.75. The van der Waals surface area contributed by atoms with Crippen LogP contribution in [0.15, 0.2) is 18.3 Å². The minimum Gasteiger partial charge on any atom is -0.334 e. The van der Waals surface area contributed by atoms with Gasteiger partial charge in [-0.3, -0.25) is 4.79 Å². The van der Waals surface area contributed by atoms with Crippen molar-refractivity contribution >= 4 is 29.3 Å². The Balaban J connectivity index is 2.19. The smallest absolute Gasteiger partial charge is 0.254 e. The summed E-state index contributed by atoms with van der Waals surface area (Å²) in [6.07, 6.45) is 1.57. The molecule has 2 heterocycles. The number of aromatic nitrogens is 1. The minimum absolute atomic E-state index is 0.0500. The van der Waals surface area contributed by atoms with E-state index >= 15 is 0 Å². The lowest BCUT2D eigenvalue weighted by atomic mass is 10.1. The van der Waals surface area contributed by atoms with E-state index in [1.54, 1.807) is 18.3 Å². The van der Waals surface area contributed by atoms with E-state index in [9.17, 15) is 4.79 Å². The van der Waals surface area contributed by atoms with Crippen molar-refractivity contribution in [3.05, 3.63) is 29.0 Å². The molecule has 0 radical (unpaired) electrons. The average molecular weight is 271 g/mol. The van der Waals surface area contributed by atoms with E-state index in [0.717, 1.165) is 12.3 Å². The van der Waals surface area contributed by atoms with Crippen LogP contribution < -0.4 is 0 Å². The molecule has 0 aromatic carbocycles. The van der Waals surface area contributed by atoms with Crippen LogP contribution in [0.5, 0.6) is 0 Å². The molecule has 1 aliphatic heterocycles. The molecule has 2 rings (SSSR count). The Hall–Kier alpha value is -0.740. The van der Waals surface area contributed by atoms with Gasteiger partial charge in [-0.1, -0.05) is 18.5 Å². The van der Waals surface area contributed by atoms with Gasteiger partial charge in [-0.05, 0) is 19.1 Å². The molecule has 1 aromatic rings. The van der Waals surface area contributed by atoms with Gasteiger partial charge >= 0.3 is 0 Å². The monoisotopic (exact) mass is 270 g/mol. The summed E-state index contributed by atoms with van der Waals surface area (Å²) < 4.78 is 0. The van der Waals surface area contributed by atoms with Crippen molar-refractivity contribution in [3.63, 3.8) is 0 Å². The second kappa shape index (κ2) is 5.27. The first-order valence-corrected chi connectivity index (χ1v) is 7.06. The highest BCUT2D eigenvalue weighted by Gasteiger charge is 2.29. The van der Waals surface area contributed by atoms with Gasteiger partial charge in [-0.15, -0.1) is 0 Å². The third-order valence-corrected chi connectivity index (χ3v) is 4.66. The number of carbonyl (C=O) groups excluding carboxylic acids is 1. The zero-order chi connectivity index (χ0) is 12.4. The molecule has 0 aliphatic carbocycles. The molecule has 0 spiro atoms.